The average molecular weight is 481 g/mol. The number of hydrogen-bond donors (Lipinski definition) is 0. The van der Waals surface area contributed by atoms with Crippen LogP contribution in [0.5, 0.6) is 11.5 Å². The lowest BCUT2D eigenvalue weighted by molar-refractivity contribution is 0.198. The van der Waals surface area contributed by atoms with Gasteiger partial charge in [-0.15, -0.1) is 0 Å². The molecule has 5 heteroatoms. The molecule has 184 valence electrons. The first kappa shape index (κ1) is 24.9. The van der Waals surface area contributed by atoms with Crippen LogP contribution >= 0.6 is 0 Å². The Hall–Kier alpha value is -3.21. The van der Waals surface area contributed by atoms with Gasteiger partial charge in [-0.25, -0.2) is 13.2 Å². The summed E-state index contributed by atoms with van der Waals surface area (Å²) in [4.78, 5) is 0. The molecule has 0 unspecified atom stereocenters. The summed E-state index contributed by atoms with van der Waals surface area (Å²) in [5.74, 6) is -1.02. The molecule has 0 aliphatic heterocycles. The lowest BCUT2D eigenvalue weighted by Gasteiger charge is -2.29. The zero-order chi connectivity index (χ0) is 24.8. The van der Waals surface area contributed by atoms with E-state index in [0.717, 1.165) is 31.2 Å². The Morgan fingerprint density at radius 2 is 1.60 bits per heavy atom. The van der Waals surface area contributed by atoms with Crippen LogP contribution in [-0.4, -0.2) is 13.2 Å². The van der Waals surface area contributed by atoms with Gasteiger partial charge in [0, 0.05) is 11.6 Å². The highest BCUT2D eigenvalue weighted by Gasteiger charge is 2.27. The van der Waals surface area contributed by atoms with Crippen LogP contribution in [0.1, 0.15) is 56.6 Å². The molecule has 0 radical (unpaired) electrons. The molecule has 2 nitrogen and oxygen atoms in total. The van der Waals surface area contributed by atoms with E-state index in [4.69, 9.17) is 9.47 Å². The molecule has 1 aliphatic rings. The molecule has 0 saturated heterocycles. The molecule has 0 bridgehead atoms. The third-order valence-electron chi connectivity index (χ3n) is 6.67. The van der Waals surface area contributed by atoms with Crippen molar-refractivity contribution < 1.29 is 22.6 Å². The molecule has 35 heavy (non-hydrogen) atoms. The van der Waals surface area contributed by atoms with Crippen LogP contribution in [0.25, 0.3) is 17.2 Å². The Morgan fingerprint density at radius 3 is 2.26 bits per heavy atom. The monoisotopic (exact) mass is 480 g/mol. The van der Waals surface area contributed by atoms with Gasteiger partial charge in [-0.1, -0.05) is 48.6 Å². The van der Waals surface area contributed by atoms with Crippen molar-refractivity contribution in [1.29, 1.82) is 0 Å². The lowest BCUT2D eigenvalue weighted by atomic mass is 9.78. The first-order chi connectivity index (χ1) is 17.0. The normalized spacial score (nSPS) is 18.1. The topological polar surface area (TPSA) is 18.5 Å². The van der Waals surface area contributed by atoms with Gasteiger partial charge in [-0.2, -0.15) is 0 Å². The second-order valence-corrected chi connectivity index (χ2v) is 9.01. The SMILES string of the molecule is CC=Cc1ccc(-c2ccc(C3CCC(COc4ccc(OCC)c(F)c4)CC3)c(F)c2F)cc1. The minimum absolute atomic E-state index is 0.0187. The molecule has 4 rings (SSSR count). The van der Waals surface area contributed by atoms with Gasteiger partial charge in [0.05, 0.1) is 13.2 Å². The number of rotatable bonds is 8. The molecule has 3 aromatic rings. The summed E-state index contributed by atoms with van der Waals surface area (Å²) in [5.41, 5.74) is 2.41. The van der Waals surface area contributed by atoms with Gasteiger partial charge in [-0.05, 0) is 80.2 Å². The molecule has 0 N–H and O–H groups in total. The predicted octanol–water partition coefficient (Wildman–Crippen LogP) is 8.56. The number of ether oxygens (including phenoxy) is 2. The fraction of sp³-hybridized carbons (Fsp3) is 0.333. The second-order valence-electron chi connectivity index (χ2n) is 9.01. The van der Waals surface area contributed by atoms with Gasteiger partial charge in [-0.3, -0.25) is 0 Å². The van der Waals surface area contributed by atoms with E-state index in [1.807, 2.05) is 43.3 Å². The number of benzene rings is 3. The van der Waals surface area contributed by atoms with Crippen molar-refractivity contribution in [3.63, 3.8) is 0 Å². The first-order valence-electron chi connectivity index (χ1n) is 12.3. The van der Waals surface area contributed by atoms with Gasteiger partial charge >= 0.3 is 0 Å². The number of hydrogen-bond acceptors (Lipinski definition) is 2. The number of halogens is 3. The minimum atomic E-state index is -0.788. The molecule has 0 spiro atoms. The Bertz CT molecular complexity index is 1160. The fourth-order valence-electron chi connectivity index (χ4n) is 4.77. The summed E-state index contributed by atoms with van der Waals surface area (Å²) in [6, 6.07) is 15.5. The maximum Gasteiger partial charge on any atom is 0.168 e. The Balaban J connectivity index is 1.36. The van der Waals surface area contributed by atoms with Crippen molar-refractivity contribution in [3.05, 3.63) is 89.3 Å². The summed E-state index contributed by atoms with van der Waals surface area (Å²) in [7, 11) is 0. The Morgan fingerprint density at radius 1 is 0.857 bits per heavy atom. The molecular weight excluding hydrogens is 449 g/mol. The van der Waals surface area contributed by atoms with Gasteiger partial charge in [0.2, 0.25) is 0 Å². The van der Waals surface area contributed by atoms with Crippen LogP contribution in [0.3, 0.4) is 0 Å². The maximum atomic E-state index is 15.1. The molecule has 0 heterocycles. The van der Waals surface area contributed by atoms with Crippen molar-refractivity contribution >= 4 is 6.08 Å². The van der Waals surface area contributed by atoms with Crippen molar-refractivity contribution in [2.75, 3.05) is 13.2 Å². The van der Waals surface area contributed by atoms with Gasteiger partial charge in [0.15, 0.2) is 23.2 Å². The maximum absolute atomic E-state index is 15.1. The highest BCUT2D eigenvalue weighted by atomic mass is 19.2. The Labute approximate surface area is 205 Å². The highest BCUT2D eigenvalue weighted by Crippen LogP contribution is 2.39. The first-order valence-corrected chi connectivity index (χ1v) is 12.3. The van der Waals surface area contributed by atoms with Crippen LogP contribution in [-0.2, 0) is 0 Å². The van der Waals surface area contributed by atoms with Crippen LogP contribution < -0.4 is 9.47 Å². The average Bonchev–Trinajstić information content (AvgIpc) is 2.87. The molecule has 1 fully saturated rings. The van der Waals surface area contributed by atoms with E-state index in [-0.39, 0.29) is 17.2 Å². The fourth-order valence-corrected chi connectivity index (χ4v) is 4.77. The summed E-state index contributed by atoms with van der Waals surface area (Å²) in [6.07, 6.45) is 7.12. The largest absolute Gasteiger partial charge is 0.493 e. The summed E-state index contributed by atoms with van der Waals surface area (Å²) >= 11 is 0. The third kappa shape index (κ3) is 5.90. The second kappa shape index (κ2) is 11.5. The summed E-state index contributed by atoms with van der Waals surface area (Å²) in [6.45, 7) is 4.61. The van der Waals surface area contributed by atoms with Crippen LogP contribution in [0.2, 0.25) is 0 Å². The molecule has 1 aliphatic carbocycles. The van der Waals surface area contributed by atoms with E-state index in [1.54, 1.807) is 31.2 Å². The van der Waals surface area contributed by atoms with E-state index in [2.05, 4.69) is 0 Å². The minimum Gasteiger partial charge on any atom is -0.493 e. The number of allylic oxidation sites excluding steroid dienone is 1. The van der Waals surface area contributed by atoms with E-state index in [0.29, 0.717) is 36.0 Å². The standard InChI is InChI=1S/C30H31F3O2/c1-3-5-20-6-10-22(11-7-20)25-15-16-26(30(33)29(25)32)23-12-8-21(9-13-23)19-35-24-14-17-28(34-4-2)27(31)18-24/h3,5-7,10-11,14-18,21,23H,4,8-9,12-13,19H2,1-2H3. The third-order valence-corrected chi connectivity index (χ3v) is 6.67. The van der Waals surface area contributed by atoms with Crippen molar-refractivity contribution in [2.24, 2.45) is 5.92 Å². The smallest absolute Gasteiger partial charge is 0.168 e. The summed E-state index contributed by atoms with van der Waals surface area (Å²) in [5, 5.41) is 0. The zero-order valence-electron chi connectivity index (χ0n) is 20.2. The summed E-state index contributed by atoms with van der Waals surface area (Å²) < 4.78 is 55.1. The van der Waals surface area contributed by atoms with E-state index < -0.39 is 17.5 Å². The van der Waals surface area contributed by atoms with Crippen LogP contribution in [0, 0.1) is 23.4 Å². The van der Waals surface area contributed by atoms with E-state index >= 15 is 4.39 Å². The van der Waals surface area contributed by atoms with E-state index in [9.17, 15) is 8.78 Å². The van der Waals surface area contributed by atoms with Crippen LogP contribution in [0.15, 0.2) is 60.7 Å². The van der Waals surface area contributed by atoms with Crippen molar-refractivity contribution in [1.82, 2.24) is 0 Å². The molecule has 3 aromatic carbocycles. The Kier molecular flexibility index (Phi) is 8.17. The van der Waals surface area contributed by atoms with Gasteiger partial charge in [0.1, 0.15) is 5.75 Å². The predicted molar refractivity (Wildman–Crippen MR) is 134 cm³/mol. The molecular formula is C30H31F3O2. The lowest BCUT2D eigenvalue weighted by Crippen LogP contribution is -2.20. The van der Waals surface area contributed by atoms with E-state index in [1.165, 1.54) is 6.07 Å². The van der Waals surface area contributed by atoms with Crippen LogP contribution in [0.4, 0.5) is 13.2 Å². The quantitative estimate of drug-likeness (QED) is 0.322. The molecule has 0 atom stereocenters. The van der Waals surface area contributed by atoms with Crippen molar-refractivity contribution in [3.8, 4) is 22.6 Å². The van der Waals surface area contributed by atoms with Gasteiger partial charge in [0.25, 0.3) is 0 Å². The molecule has 0 aromatic heterocycles. The zero-order valence-corrected chi connectivity index (χ0v) is 20.2. The molecule has 0 amide bonds. The van der Waals surface area contributed by atoms with Crippen molar-refractivity contribution in [2.45, 2.75) is 45.4 Å². The molecule has 1 saturated carbocycles. The highest BCUT2D eigenvalue weighted by molar-refractivity contribution is 5.67. The van der Waals surface area contributed by atoms with Gasteiger partial charge < -0.3 is 9.47 Å².